The molecule has 0 spiro atoms. The molecule has 2 amide bonds. The Morgan fingerprint density at radius 2 is 2.12 bits per heavy atom. The summed E-state index contributed by atoms with van der Waals surface area (Å²) in [6.07, 6.45) is 1.94. The molecule has 4 nitrogen and oxygen atoms in total. The lowest BCUT2D eigenvalue weighted by atomic mass is 10.2. The van der Waals surface area contributed by atoms with Crippen molar-refractivity contribution >= 4 is 17.6 Å². The van der Waals surface area contributed by atoms with Crippen LogP contribution in [0.25, 0.3) is 0 Å². The van der Waals surface area contributed by atoms with Crippen LogP contribution in [0.15, 0.2) is 35.3 Å². The second-order valence-electron chi connectivity index (χ2n) is 4.32. The van der Waals surface area contributed by atoms with Crippen molar-refractivity contribution in [2.75, 3.05) is 12.4 Å². The molecule has 1 aromatic carbocycles. The minimum Gasteiger partial charge on any atom is -0.360 e. The lowest BCUT2D eigenvalue weighted by Crippen LogP contribution is -2.27. The van der Waals surface area contributed by atoms with Gasteiger partial charge in [0.1, 0.15) is 5.84 Å². The third kappa shape index (κ3) is 2.84. The van der Waals surface area contributed by atoms with Gasteiger partial charge >= 0.3 is 6.03 Å². The summed E-state index contributed by atoms with van der Waals surface area (Å²) in [6, 6.07) is 9.54. The molecule has 2 rings (SSSR count). The summed E-state index contributed by atoms with van der Waals surface area (Å²) in [5, 5.41) is 2.75. The van der Waals surface area contributed by atoms with E-state index < -0.39 is 0 Å². The molecular weight excluding hydrogens is 214 g/mol. The van der Waals surface area contributed by atoms with Crippen molar-refractivity contribution in [3.8, 4) is 0 Å². The third-order valence-electron chi connectivity index (χ3n) is 3.11. The molecule has 0 aliphatic carbocycles. The van der Waals surface area contributed by atoms with Crippen molar-refractivity contribution in [3.05, 3.63) is 30.3 Å². The quantitative estimate of drug-likeness (QED) is 0.807. The van der Waals surface area contributed by atoms with E-state index >= 15 is 0 Å². The first-order chi connectivity index (χ1) is 8.16. The zero-order chi connectivity index (χ0) is 12.3. The van der Waals surface area contributed by atoms with Gasteiger partial charge < -0.3 is 10.2 Å². The number of hydrogen-bond acceptors (Lipinski definition) is 1. The number of nitrogens with one attached hydrogen (secondary N) is 1. The van der Waals surface area contributed by atoms with Gasteiger partial charge in [0, 0.05) is 25.2 Å². The van der Waals surface area contributed by atoms with E-state index in [0.717, 1.165) is 24.4 Å². The molecule has 4 heteroatoms. The summed E-state index contributed by atoms with van der Waals surface area (Å²) >= 11 is 0. The van der Waals surface area contributed by atoms with Gasteiger partial charge in [-0.2, -0.15) is 4.99 Å². The highest BCUT2D eigenvalue weighted by molar-refractivity contribution is 6.00. The summed E-state index contributed by atoms with van der Waals surface area (Å²) < 4.78 is 0. The first-order valence-corrected chi connectivity index (χ1v) is 5.83. The van der Waals surface area contributed by atoms with Crippen molar-refractivity contribution < 1.29 is 4.79 Å². The fraction of sp³-hybridized carbons (Fsp3) is 0.385. The van der Waals surface area contributed by atoms with E-state index in [-0.39, 0.29) is 6.03 Å². The maximum atomic E-state index is 11.7. The molecule has 0 bridgehead atoms. The number of amidine groups is 1. The van der Waals surface area contributed by atoms with Gasteiger partial charge in [0.15, 0.2) is 0 Å². The number of benzene rings is 1. The Balaban J connectivity index is 2.00. The van der Waals surface area contributed by atoms with Crippen LogP contribution in [0.4, 0.5) is 10.5 Å². The van der Waals surface area contributed by atoms with Crippen LogP contribution in [-0.4, -0.2) is 29.9 Å². The van der Waals surface area contributed by atoms with Gasteiger partial charge in [0.2, 0.25) is 0 Å². The topological polar surface area (TPSA) is 44.7 Å². The van der Waals surface area contributed by atoms with Crippen LogP contribution in [0.1, 0.15) is 19.8 Å². The molecule has 1 unspecified atom stereocenters. The van der Waals surface area contributed by atoms with Crippen molar-refractivity contribution in [1.29, 1.82) is 0 Å². The van der Waals surface area contributed by atoms with Crippen molar-refractivity contribution in [2.45, 2.75) is 25.8 Å². The predicted octanol–water partition coefficient (Wildman–Crippen LogP) is 2.73. The van der Waals surface area contributed by atoms with Crippen LogP contribution in [0.3, 0.4) is 0 Å². The standard InChI is InChI=1S/C13H17N3O/c1-10-8-9-12(16(10)2)15-13(17)14-11-6-4-3-5-7-11/h3-7,10H,8-9H2,1-2H3,(H,14,17)/b15-12-. The third-order valence-corrected chi connectivity index (χ3v) is 3.11. The Kier molecular flexibility index (Phi) is 3.42. The lowest BCUT2D eigenvalue weighted by Gasteiger charge is -2.17. The summed E-state index contributed by atoms with van der Waals surface area (Å²) in [6.45, 7) is 2.14. The smallest absolute Gasteiger partial charge is 0.347 e. The number of hydrogen-bond donors (Lipinski definition) is 1. The highest BCUT2D eigenvalue weighted by Crippen LogP contribution is 2.17. The van der Waals surface area contributed by atoms with E-state index in [0.29, 0.717) is 6.04 Å². The molecule has 1 N–H and O–H groups in total. The molecule has 0 saturated carbocycles. The van der Waals surface area contributed by atoms with E-state index in [2.05, 4.69) is 22.1 Å². The number of para-hydroxylation sites is 1. The second kappa shape index (κ2) is 4.99. The minimum absolute atomic E-state index is 0.299. The predicted molar refractivity (Wildman–Crippen MR) is 69.4 cm³/mol. The fourth-order valence-corrected chi connectivity index (χ4v) is 1.89. The molecule has 17 heavy (non-hydrogen) atoms. The average Bonchev–Trinajstić information content (AvgIpc) is 2.62. The van der Waals surface area contributed by atoms with E-state index in [9.17, 15) is 4.79 Å². The molecule has 1 aromatic rings. The number of aliphatic imine (C=N–C) groups is 1. The Labute approximate surface area is 101 Å². The van der Waals surface area contributed by atoms with Gasteiger partial charge in [0.05, 0.1) is 0 Å². The van der Waals surface area contributed by atoms with Crippen molar-refractivity contribution in [1.82, 2.24) is 4.90 Å². The number of urea groups is 1. The van der Waals surface area contributed by atoms with E-state index in [1.807, 2.05) is 37.4 Å². The minimum atomic E-state index is -0.299. The zero-order valence-electron chi connectivity index (χ0n) is 10.2. The number of rotatable bonds is 1. The zero-order valence-corrected chi connectivity index (χ0v) is 10.2. The lowest BCUT2D eigenvalue weighted by molar-refractivity contribution is 0.259. The van der Waals surface area contributed by atoms with Crippen LogP contribution in [-0.2, 0) is 0 Å². The number of amides is 2. The van der Waals surface area contributed by atoms with E-state index in [1.54, 1.807) is 0 Å². The Morgan fingerprint density at radius 1 is 1.41 bits per heavy atom. The normalized spacial score (nSPS) is 21.9. The number of carbonyl (C=O) groups excluding carboxylic acids is 1. The van der Waals surface area contributed by atoms with Crippen LogP contribution < -0.4 is 5.32 Å². The monoisotopic (exact) mass is 231 g/mol. The SMILES string of the molecule is CC1CC/C(=N/C(=O)Nc2ccccc2)N1C. The first kappa shape index (κ1) is 11.6. The number of nitrogens with zero attached hydrogens (tertiary/aromatic N) is 2. The van der Waals surface area contributed by atoms with Gasteiger partial charge in [-0.05, 0) is 25.5 Å². The maximum Gasteiger partial charge on any atom is 0.347 e. The molecule has 0 radical (unpaired) electrons. The Hall–Kier alpha value is -1.84. The van der Waals surface area contributed by atoms with Crippen molar-refractivity contribution in [3.63, 3.8) is 0 Å². The summed E-state index contributed by atoms with van der Waals surface area (Å²) in [4.78, 5) is 17.9. The first-order valence-electron chi connectivity index (χ1n) is 5.83. The highest BCUT2D eigenvalue weighted by atomic mass is 16.2. The molecule has 0 aromatic heterocycles. The van der Waals surface area contributed by atoms with Crippen molar-refractivity contribution in [2.24, 2.45) is 4.99 Å². The Bertz CT molecular complexity index is 428. The molecule has 1 aliphatic rings. The number of anilines is 1. The summed E-state index contributed by atoms with van der Waals surface area (Å²) in [5.41, 5.74) is 0.774. The van der Waals surface area contributed by atoms with Crippen LogP contribution in [0.5, 0.6) is 0 Å². The summed E-state index contributed by atoms with van der Waals surface area (Å²) in [5.74, 6) is 0.867. The molecule has 1 fully saturated rings. The fourth-order valence-electron chi connectivity index (χ4n) is 1.89. The van der Waals surface area contributed by atoms with Crippen LogP contribution in [0, 0.1) is 0 Å². The highest BCUT2D eigenvalue weighted by Gasteiger charge is 2.22. The molecule has 1 aliphatic heterocycles. The number of carbonyl (C=O) groups is 1. The largest absolute Gasteiger partial charge is 0.360 e. The van der Waals surface area contributed by atoms with Gasteiger partial charge in [-0.15, -0.1) is 0 Å². The van der Waals surface area contributed by atoms with E-state index in [4.69, 9.17) is 0 Å². The average molecular weight is 231 g/mol. The summed E-state index contributed by atoms with van der Waals surface area (Å²) in [7, 11) is 1.98. The van der Waals surface area contributed by atoms with Gasteiger partial charge in [-0.1, -0.05) is 18.2 Å². The molecule has 1 saturated heterocycles. The van der Waals surface area contributed by atoms with Gasteiger partial charge in [-0.25, -0.2) is 4.79 Å². The molecule has 90 valence electrons. The van der Waals surface area contributed by atoms with Crippen LogP contribution >= 0.6 is 0 Å². The maximum absolute atomic E-state index is 11.7. The second-order valence-corrected chi connectivity index (χ2v) is 4.32. The molecule has 1 heterocycles. The van der Waals surface area contributed by atoms with Gasteiger partial charge in [0.25, 0.3) is 0 Å². The van der Waals surface area contributed by atoms with E-state index in [1.165, 1.54) is 0 Å². The number of likely N-dealkylation sites (tertiary alicyclic amines) is 1. The molecular formula is C13H17N3O. The Morgan fingerprint density at radius 3 is 2.71 bits per heavy atom. The van der Waals surface area contributed by atoms with Crippen LogP contribution in [0.2, 0.25) is 0 Å². The molecule has 1 atom stereocenters. The van der Waals surface area contributed by atoms with Gasteiger partial charge in [-0.3, -0.25) is 0 Å².